The Morgan fingerprint density at radius 1 is 1.30 bits per heavy atom. The Labute approximate surface area is 133 Å². The molecule has 2 fully saturated rings. The Balaban J connectivity index is 1.56. The predicted molar refractivity (Wildman–Crippen MR) is 79.8 cm³/mol. The summed E-state index contributed by atoms with van der Waals surface area (Å²) in [6.45, 7) is 1.85. The molecule has 1 saturated heterocycles. The second-order valence-electron chi connectivity index (χ2n) is 6.39. The summed E-state index contributed by atoms with van der Waals surface area (Å²) in [4.78, 5) is 42.8. The fourth-order valence-corrected chi connectivity index (χ4v) is 4.18. The predicted octanol–water partition coefficient (Wildman–Crippen LogP) is 0.984. The summed E-state index contributed by atoms with van der Waals surface area (Å²) in [5, 5.41) is 2.76. The van der Waals surface area contributed by atoms with Gasteiger partial charge in [0.25, 0.3) is 0 Å². The third kappa shape index (κ3) is 1.95. The van der Waals surface area contributed by atoms with Gasteiger partial charge in [-0.3, -0.25) is 19.1 Å². The Morgan fingerprint density at radius 2 is 1.96 bits per heavy atom. The second kappa shape index (κ2) is 5.04. The molecular formula is C16H18N4O3. The number of carbonyl (C=O) groups is 3. The standard InChI is InChI=1S/C16H18N4O3/c1-2-11(18-16(23)19-6-5-17-8-19)20-14(21)12-9-3-4-10(7-9)13(12)15(20)22/h3-6,8-13H,2,7H2,1H3,(H,18,23). The quantitative estimate of drug-likeness (QED) is 0.666. The SMILES string of the molecule is CCC(NC(=O)n1ccnc1)N1C(=O)C2C3C=CC(C3)C2C1=O. The first-order valence-electron chi connectivity index (χ1n) is 7.96. The average Bonchev–Trinajstić information content (AvgIpc) is 3.30. The lowest BCUT2D eigenvalue weighted by Crippen LogP contribution is -2.52. The smallest absolute Gasteiger partial charge is 0.317 e. The van der Waals surface area contributed by atoms with E-state index in [1.165, 1.54) is 28.2 Å². The molecule has 1 N–H and O–H groups in total. The first-order valence-corrected chi connectivity index (χ1v) is 7.96. The van der Waals surface area contributed by atoms with Crippen molar-refractivity contribution in [3.05, 3.63) is 30.9 Å². The van der Waals surface area contributed by atoms with Gasteiger partial charge in [-0.2, -0.15) is 0 Å². The molecule has 1 aromatic rings. The Kier molecular flexibility index (Phi) is 3.11. The Hall–Kier alpha value is -2.44. The molecule has 3 aliphatic rings. The number of allylic oxidation sites excluding steroid dienone is 2. The van der Waals surface area contributed by atoms with E-state index in [4.69, 9.17) is 0 Å². The van der Waals surface area contributed by atoms with Crippen molar-refractivity contribution in [2.75, 3.05) is 0 Å². The molecule has 1 aliphatic heterocycles. The normalized spacial score (nSPS) is 32.5. The monoisotopic (exact) mass is 314 g/mol. The number of nitrogens with one attached hydrogen (secondary N) is 1. The summed E-state index contributed by atoms with van der Waals surface area (Å²) < 4.78 is 1.29. The van der Waals surface area contributed by atoms with E-state index in [1.54, 1.807) is 0 Å². The van der Waals surface area contributed by atoms with Crippen LogP contribution in [-0.4, -0.2) is 38.5 Å². The van der Waals surface area contributed by atoms with Gasteiger partial charge in [0, 0.05) is 12.4 Å². The number of imidazole rings is 1. The van der Waals surface area contributed by atoms with Crippen LogP contribution in [-0.2, 0) is 9.59 Å². The maximum atomic E-state index is 12.8. The number of fused-ring (bicyclic) bond motifs is 5. The molecule has 1 aromatic heterocycles. The largest absolute Gasteiger partial charge is 0.328 e. The van der Waals surface area contributed by atoms with Crippen LogP contribution in [0.15, 0.2) is 30.9 Å². The van der Waals surface area contributed by atoms with Crippen LogP contribution in [0, 0.1) is 23.7 Å². The minimum atomic E-state index is -0.616. The van der Waals surface area contributed by atoms with Crippen LogP contribution in [0.4, 0.5) is 4.79 Å². The topological polar surface area (TPSA) is 84.3 Å². The Bertz CT molecular complexity index is 666. The van der Waals surface area contributed by atoms with Crippen LogP contribution >= 0.6 is 0 Å². The highest BCUT2D eigenvalue weighted by Crippen LogP contribution is 2.52. The van der Waals surface area contributed by atoms with Crippen molar-refractivity contribution in [2.24, 2.45) is 23.7 Å². The second-order valence-corrected chi connectivity index (χ2v) is 6.39. The highest BCUT2D eigenvalue weighted by molar-refractivity contribution is 6.06. The van der Waals surface area contributed by atoms with Crippen LogP contribution in [0.2, 0.25) is 0 Å². The number of nitrogens with zero attached hydrogens (tertiary/aromatic N) is 3. The van der Waals surface area contributed by atoms with Gasteiger partial charge >= 0.3 is 6.03 Å². The summed E-state index contributed by atoms with van der Waals surface area (Å²) >= 11 is 0. The van der Waals surface area contributed by atoms with Gasteiger partial charge in [-0.1, -0.05) is 19.1 Å². The fraction of sp³-hybridized carbons (Fsp3) is 0.500. The maximum Gasteiger partial charge on any atom is 0.328 e. The van der Waals surface area contributed by atoms with E-state index in [0.29, 0.717) is 6.42 Å². The molecule has 5 atom stereocenters. The molecule has 0 radical (unpaired) electrons. The highest BCUT2D eigenvalue weighted by atomic mass is 16.2. The molecule has 0 spiro atoms. The Morgan fingerprint density at radius 3 is 2.48 bits per heavy atom. The van der Waals surface area contributed by atoms with E-state index in [1.807, 2.05) is 6.92 Å². The van der Waals surface area contributed by atoms with Gasteiger partial charge in [-0.25, -0.2) is 9.78 Å². The zero-order chi connectivity index (χ0) is 16.1. The lowest BCUT2D eigenvalue weighted by Gasteiger charge is -2.27. The molecule has 23 heavy (non-hydrogen) atoms. The van der Waals surface area contributed by atoms with Crippen LogP contribution in [0.1, 0.15) is 19.8 Å². The van der Waals surface area contributed by atoms with Crippen molar-refractivity contribution in [2.45, 2.75) is 25.9 Å². The molecule has 2 bridgehead atoms. The molecule has 5 unspecified atom stereocenters. The first kappa shape index (κ1) is 14.2. The number of amides is 3. The van der Waals surface area contributed by atoms with Crippen LogP contribution in [0.25, 0.3) is 0 Å². The molecule has 0 aromatic carbocycles. The zero-order valence-corrected chi connectivity index (χ0v) is 12.8. The molecular weight excluding hydrogens is 296 g/mol. The van der Waals surface area contributed by atoms with Gasteiger partial charge in [0.2, 0.25) is 11.8 Å². The van der Waals surface area contributed by atoms with Gasteiger partial charge < -0.3 is 5.32 Å². The summed E-state index contributed by atoms with van der Waals surface area (Å²) in [6.07, 6.45) is 9.29. The first-order chi connectivity index (χ1) is 11.1. The van der Waals surface area contributed by atoms with Crippen LogP contribution < -0.4 is 5.32 Å². The third-order valence-electron chi connectivity index (χ3n) is 5.23. The van der Waals surface area contributed by atoms with E-state index < -0.39 is 12.2 Å². The number of imide groups is 1. The number of carbonyl (C=O) groups excluding carboxylic acids is 3. The van der Waals surface area contributed by atoms with Crippen molar-refractivity contribution in [3.63, 3.8) is 0 Å². The summed E-state index contributed by atoms with van der Waals surface area (Å²) in [7, 11) is 0. The van der Waals surface area contributed by atoms with Crippen molar-refractivity contribution in [1.82, 2.24) is 19.8 Å². The van der Waals surface area contributed by atoms with E-state index >= 15 is 0 Å². The van der Waals surface area contributed by atoms with Gasteiger partial charge in [-0.05, 0) is 24.7 Å². The lowest BCUT2D eigenvalue weighted by molar-refractivity contribution is -0.144. The molecule has 7 heteroatoms. The van der Waals surface area contributed by atoms with Gasteiger partial charge in [0.15, 0.2) is 0 Å². The third-order valence-corrected chi connectivity index (χ3v) is 5.23. The van der Waals surface area contributed by atoms with Crippen LogP contribution in [0.3, 0.4) is 0 Å². The van der Waals surface area contributed by atoms with E-state index in [-0.39, 0.29) is 35.5 Å². The van der Waals surface area contributed by atoms with E-state index in [0.717, 1.165) is 6.42 Å². The molecule has 3 amide bonds. The van der Waals surface area contributed by atoms with Crippen molar-refractivity contribution >= 4 is 17.8 Å². The van der Waals surface area contributed by atoms with Gasteiger partial charge in [-0.15, -0.1) is 0 Å². The molecule has 2 aliphatic carbocycles. The van der Waals surface area contributed by atoms with Crippen molar-refractivity contribution < 1.29 is 14.4 Å². The highest BCUT2D eigenvalue weighted by Gasteiger charge is 2.60. The van der Waals surface area contributed by atoms with Crippen molar-refractivity contribution in [3.8, 4) is 0 Å². The molecule has 2 heterocycles. The van der Waals surface area contributed by atoms with Gasteiger partial charge in [0.1, 0.15) is 12.5 Å². The number of aromatic nitrogens is 2. The maximum absolute atomic E-state index is 12.8. The summed E-state index contributed by atoms with van der Waals surface area (Å²) in [5.74, 6) is -0.417. The average molecular weight is 314 g/mol. The molecule has 1 saturated carbocycles. The zero-order valence-electron chi connectivity index (χ0n) is 12.8. The van der Waals surface area contributed by atoms with Gasteiger partial charge in [0.05, 0.1) is 11.8 Å². The molecule has 7 nitrogen and oxygen atoms in total. The van der Waals surface area contributed by atoms with E-state index in [2.05, 4.69) is 22.5 Å². The molecule has 120 valence electrons. The minimum Gasteiger partial charge on any atom is -0.317 e. The van der Waals surface area contributed by atoms with E-state index in [9.17, 15) is 14.4 Å². The molecule has 4 rings (SSSR count). The number of rotatable bonds is 3. The number of likely N-dealkylation sites (tertiary alicyclic amines) is 1. The minimum absolute atomic E-state index is 0.144. The summed E-state index contributed by atoms with van der Waals surface area (Å²) in [6, 6.07) is -0.395. The number of hydrogen-bond donors (Lipinski definition) is 1. The number of hydrogen-bond acceptors (Lipinski definition) is 4. The van der Waals surface area contributed by atoms with Crippen LogP contribution in [0.5, 0.6) is 0 Å². The van der Waals surface area contributed by atoms with Crippen molar-refractivity contribution in [1.29, 1.82) is 0 Å². The lowest BCUT2D eigenvalue weighted by atomic mass is 9.85. The summed E-state index contributed by atoms with van der Waals surface area (Å²) in [5.41, 5.74) is 0. The fourth-order valence-electron chi connectivity index (χ4n) is 4.18.